The van der Waals surface area contributed by atoms with Crippen molar-refractivity contribution in [2.75, 3.05) is 37.7 Å². The van der Waals surface area contributed by atoms with E-state index in [1.165, 1.54) is 19.3 Å². The lowest BCUT2D eigenvalue weighted by Gasteiger charge is -2.26. The average molecular weight is 237 g/mol. The minimum atomic E-state index is 0.151. The van der Waals surface area contributed by atoms with Gasteiger partial charge in [-0.15, -0.1) is 0 Å². The molecule has 2 heterocycles. The van der Waals surface area contributed by atoms with Crippen LogP contribution in [0.2, 0.25) is 0 Å². The normalized spacial score (nSPS) is 16.9. The fraction of sp³-hybridized carbons (Fsp3) is 0.636. The van der Waals surface area contributed by atoms with E-state index < -0.39 is 0 Å². The van der Waals surface area contributed by atoms with Crippen molar-refractivity contribution in [2.24, 2.45) is 0 Å². The highest BCUT2D eigenvalue weighted by molar-refractivity contribution is 5.38. The molecule has 1 aromatic rings. The summed E-state index contributed by atoms with van der Waals surface area (Å²) < 4.78 is 5.52. The van der Waals surface area contributed by atoms with Crippen molar-refractivity contribution >= 4 is 11.8 Å². The number of likely N-dealkylation sites (tertiary alicyclic amines) is 1. The second kappa shape index (κ2) is 5.67. The van der Waals surface area contributed by atoms with Gasteiger partial charge in [0.15, 0.2) is 0 Å². The summed E-state index contributed by atoms with van der Waals surface area (Å²) in [5.41, 5.74) is 11.0. The quantitative estimate of drug-likeness (QED) is 0.792. The highest BCUT2D eigenvalue weighted by atomic mass is 16.5. The molecule has 2 rings (SSSR count). The summed E-state index contributed by atoms with van der Waals surface area (Å²) in [7, 11) is 0. The molecule has 0 bridgehead atoms. The van der Waals surface area contributed by atoms with E-state index >= 15 is 0 Å². The standard InChI is InChI=1S/C11H19N5O/c12-9-8-10(15-11(13)14-9)17-7-6-16-4-2-1-3-5-16/h8H,1-7H2,(H4,12,13,14,15). The summed E-state index contributed by atoms with van der Waals surface area (Å²) in [6.45, 7) is 3.86. The molecule has 0 aromatic carbocycles. The first-order valence-electron chi connectivity index (χ1n) is 5.99. The molecule has 0 amide bonds. The summed E-state index contributed by atoms with van der Waals surface area (Å²) in [4.78, 5) is 10.1. The first-order valence-corrected chi connectivity index (χ1v) is 5.99. The fourth-order valence-electron chi connectivity index (χ4n) is 2.00. The topological polar surface area (TPSA) is 90.3 Å². The van der Waals surface area contributed by atoms with E-state index in [-0.39, 0.29) is 5.95 Å². The number of nitrogens with two attached hydrogens (primary N) is 2. The molecule has 0 unspecified atom stereocenters. The van der Waals surface area contributed by atoms with Crippen LogP contribution in [0.15, 0.2) is 6.07 Å². The number of piperidine rings is 1. The van der Waals surface area contributed by atoms with E-state index in [9.17, 15) is 0 Å². The average Bonchev–Trinajstić information content (AvgIpc) is 2.29. The molecule has 1 fully saturated rings. The van der Waals surface area contributed by atoms with Crippen LogP contribution >= 0.6 is 0 Å². The van der Waals surface area contributed by atoms with Crippen molar-refractivity contribution < 1.29 is 4.74 Å². The maximum absolute atomic E-state index is 5.55. The molecule has 1 aliphatic rings. The van der Waals surface area contributed by atoms with Gasteiger partial charge in [0.2, 0.25) is 11.8 Å². The van der Waals surface area contributed by atoms with Crippen LogP contribution in [-0.2, 0) is 0 Å². The second-order valence-electron chi connectivity index (χ2n) is 4.24. The Bertz CT molecular complexity index is 345. The van der Waals surface area contributed by atoms with Gasteiger partial charge in [-0.1, -0.05) is 6.42 Å². The molecular weight excluding hydrogens is 218 g/mol. The molecule has 0 atom stereocenters. The Hall–Kier alpha value is -1.56. The van der Waals surface area contributed by atoms with E-state index in [4.69, 9.17) is 16.2 Å². The minimum absolute atomic E-state index is 0.151. The SMILES string of the molecule is Nc1cc(OCCN2CCCCC2)nc(N)n1. The number of hydrogen-bond donors (Lipinski definition) is 2. The zero-order chi connectivity index (χ0) is 12.1. The van der Waals surface area contributed by atoms with Gasteiger partial charge in [-0.05, 0) is 25.9 Å². The summed E-state index contributed by atoms with van der Waals surface area (Å²) in [6, 6.07) is 1.59. The second-order valence-corrected chi connectivity index (χ2v) is 4.24. The number of ether oxygens (including phenoxy) is 1. The molecular formula is C11H19N5O. The van der Waals surface area contributed by atoms with Crippen molar-refractivity contribution in [3.8, 4) is 5.88 Å². The lowest BCUT2D eigenvalue weighted by Crippen LogP contribution is -2.33. The molecule has 17 heavy (non-hydrogen) atoms. The Morgan fingerprint density at radius 1 is 1.18 bits per heavy atom. The number of rotatable bonds is 4. The Morgan fingerprint density at radius 3 is 2.65 bits per heavy atom. The van der Waals surface area contributed by atoms with Crippen LogP contribution in [0.25, 0.3) is 0 Å². The predicted molar refractivity (Wildman–Crippen MR) is 66.6 cm³/mol. The lowest BCUT2D eigenvalue weighted by atomic mass is 10.1. The van der Waals surface area contributed by atoms with Crippen LogP contribution in [0.5, 0.6) is 5.88 Å². The van der Waals surface area contributed by atoms with Crippen molar-refractivity contribution in [3.05, 3.63) is 6.07 Å². The molecule has 6 heteroatoms. The summed E-state index contributed by atoms with van der Waals surface area (Å²) >= 11 is 0. The number of nitrogen functional groups attached to an aromatic ring is 2. The zero-order valence-electron chi connectivity index (χ0n) is 9.93. The van der Waals surface area contributed by atoms with Crippen LogP contribution in [0, 0.1) is 0 Å². The van der Waals surface area contributed by atoms with E-state index in [2.05, 4.69) is 14.9 Å². The molecule has 94 valence electrons. The van der Waals surface area contributed by atoms with Crippen LogP contribution < -0.4 is 16.2 Å². The van der Waals surface area contributed by atoms with Gasteiger partial charge in [0.25, 0.3) is 0 Å². The van der Waals surface area contributed by atoms with Gasteiger partial charge in [-0.2, -0.15) is 9.97 Å². The Labute approximate surface area is 101 Å². The molecule has 1 aliphatic heterocycles. The molecule has 4 N–H and O–H groups in total. The monoisotopic (exact) mass is 237 g/mol. The van der Waals surface area contributed by atoms with Crippen molar-refractivity contribution in [3.63, 3.8) is 0 Å². The van der Waals surface area contributed by atoms with Gasteiger partial charge in [-0.3, -0.25) is 4.90 Å². The Balaban J connectivity index is 1.77. The van der Waals surface area contributed by atoms with Gasteiger partial charge in [-0.25, -0.2) is 0 Å². The van der Waals surface area contributed by atoms with Crippen LogP contribution in [-0.4, -0.2) is 41.1 Å². The fourth-order valence-corrected chi connectivity index (χ4v) is 2.00. The maximum Gasteiger partial charge on any atom is 0.225 e. The van der Waals surface area contributed by atoms with Gasteiger partial charge < -0.3 is 16.2 Å². The minimum Gasteiger partial charge on any atom is -0.476 e. The van der Waals surface area contributed by atoms with Gasteiger partial charge in [0.1, 0.15) is 12.4 Å². The molecule has 1 saturated heterocycles. The molecule has 0 spiro atoms. The third-order valence-corrected chi connectivity index (χ3v) is 2.85. The first kappa shape index (κ1) is 11.9. The Morgan fingerprint density at radius 2 is 1.94 bits per heavy atom. The molecule has 0 radical (unpaired) electrons. The lowest BCUT2D eigenvalue weighted by molar-refractivity contribution is 0.180. The highest BCUT2D eigenvalue weighted by Crippen LogP contribution is 2.12. The highest BCUT2D eigenvalue weighted by Gasteiger charge is 2.09. The third-order valence-electron chi connectivity index (χ3n) is 2.85. The number of anilines is 2. The van der Waals surface area contributed by atoms with Crippen LogP contribution in [0.3, 0.4) is 0 Å². The Kier molecular flexibility index (Phi) is 3.98. The first-order chi connectivity index (χ1) is 8.24. The number of hydrogen-bond acceptors (Lipinski definition) is 6. The predicted octanol–water partition coefficient (Wildman–Crippen LogP) is 0.506. The van der Waals surface area contributed by atoms with Crippen molar-refractivity contribution in [2.45, 2.75) is 19.3 Å². The molecule has 6 nitrogen and oxygen atoms in total. The van der Waals surface area contributed by atoms with Crippen molar-refractivity contribution in [1.29, 1.82) is 0 Å². The molecule has 1 aromatic heterocycles. The number of aromatic nitrogens is 2. The maximum atomic E-state index is 5.55. The zero-order valence-corrected chi connectivity index (χ0v) is 9.93. The van der Waals surface area contributed by atoms with Crippen molar-refractivity contribution in [1.82, 2.24) is 14.9 Å². The number of nitrogens with zero attached hydrogens (tertiary/aromatic N) is 3. The summed E-state index contributed by atoms with van der Waals surface area (Å²) in [5, 5.41) is 0. The van der Waals surface area contributed by atoms with Crippen LogP contribution in [0.1, 0.15) is 19.3 Å². The van der Waals surface area contributed by atoms with Gasteiger partial charge in [0, 0.05) is 12.6 Å². The smallest absolute Gasteiger partial charge is 0.225 e. The summed E-state index contributed by atoms with van der Waals surface area (Å²) in [6.07, 6.45) is 3.91. The van der Waals surface area contributed by atoms with Crippen LogP contribution in [0.4, 0.5) is 11.8 Å². The summed E-state index contributed by atoms with van der Waals surface area (Å²) in [5.74, 6) is 0.940. The molecule has 0 saturated carbocycles. The van der Waals surface area contributed by atoms with Gasteiger partial charge >= 0.3 is 0 Å². The molecule has 0 aliphatic carbocycles. The third kappa shape index (κ3) is 3.74. The van der Waals surface area contributed by atoms with E-state index in [1.807, 2.05) is 0 Å². The van der Waals surface area contributed by atoms with Gasteiger partial charge in [0.05, 0.1) is 0 Å². The largest absolute Gasteiger partial charge is 0.476 e. The van der Waals surface area contributed by atoms with E-state index in [1.54, 1.807) is 6.07 Å². The van der Waals surface area contributed by atoms with E-state index in [0.717, 1.165) is 19.6 Å². The van der Waals surface area contributed by atoms with E-state index in [0.29, 0.717) is 18.3 Å².